The summed E-state index contributed by atoms with van der Waals surface area (Å²) in [6.45, 7) is 3.91. The van der Waals surface area contributed by atoms with Crippen molar-refractivity contribution in [2.45, 2.75) is 13.3 Å². The average molecular weight is 272 g/mol. The van der Waals surface area contributed by atoms with Crippen molar-refractivity contribution in [1.82, 2.24) is 0 Å². The zero-order chi connectivity index (χ0) is 13.3. The first-order chi connectivity index (χ1) is 8.43. The van der Waals surface area contributed by atoms with Gasteiger partial charge in [0.25, 0.3) is 0 Å². The van der Waals surface area contributed by atoms with Gasteiger partial charge in [-0.25, -0.2) is 12.8 Å². The summed E-state index contributed by atoms with van der Waals surface area (Å²) in [4.78, 5) is 2.09. The maximum Gasteiger partial charge on any atom is 0.232 e. The predicted molar refractivity (Wildman–Crippen MR) is 71.1 cm³/mol. The van der Waals surface area contributed by atoms with Gasteiger partial charge in [-0.2, -0.15) is 0 Å². The van der Waals surface area contributed by atoms with Gasteiger partial charge in [-0.1, -0.05) is 6.92 Å². The van der Waals surface area contributed by atoms with Crippen molar-refractivity contribution < 1.29 is 12.8 Å². The molecule has 2 rings (SSSR count). The van der Waals surface area contributed by atoms with Crippen LogP contribution >= 0.6 is 0 Å². The smallest absolute Gasteiger partial charge is 0.232 e. The van der Waals surface area contributed by atoms with Gasteiger partial charge in [0.2, 0.25) is 10.0 Å². The van der Waals surface area contributed by atoms with Gasteiger partial charge in [-0.3, -0.25) is 4.31 Å². The second-order valence-corrected chi connectivity index (χ2v) is 6.36. The second kappa shape index (κ2) is 4.76. The summed E-state index contributed by atoms with van der Waals surface area (Å²) in [6.07, 6.45) is 2.12. The lowest BCUT2D eigenvalue weighted by Crippen LogP contribution is -2.44. The fourth-order valence-corrected chi connectivity index (χ4v) is 3.18. The van der Waals surface area contributed by atoms with Crippen LogP contribution in [0.4, 0.5) is 15.8 Å². The molecular weight excluding hydrogens is 255 g/mol. The number of halogens is 1. The maximum absolute atomic E-state index is 13.3. The van der Waals surface area contributed by atoms with Crippen LogP contribution in [0.5, 0.6) is 0 Å². The minimum Gasteiger partial charge on any atom is -0.368 e. The fourth-order valence-electron chi connectivity index (χ4n) is 2.26. The SMILES string of the molecule is CCCN1CCN(S(C)(=O)=O)c2cc(F)ccc21. The zero-order valence-electron chi connectivity index (χ0n) is 10.6. The molecule has 4 nitrogen and oxygen atoms in total. The van der Waals surface area contributed by atoms with Crippen molar-refractivity contribution in [3.05, 3.63) is 24.0 Å². The van der Waals surface area contributed by atoms with Crippen molar-refractivity contribution in [3.63, 3.8) is 0 Å². The molecule has 18 heavy (non-hydrogen) atoms. The summed E-state index contributed by atoms with van der Waals surface area (Å²) in [5.41, 5.74) is 1.23. The van der Waals surface area contributed by atoms with Crippen LogP contribution in [0.15, 0.2) is 18.2 Å². The molecule has 100 valence electrons. The minimum atomic E-state index is -3.35. The lowest BCUT2D eigenvalue weighted by Gasteiger charge is -2.37. The third-order valence-corrected chi connectivity index (χ3v) is 4.19. The summed E-state index contributed by atoms with van der Waals surface area (Å²) in [7, 11) is -3.35. The first kappa shape index (κ1) is 13.1. The third-order valence-electron chi connectivity index (χ3n) is 3.01. The molecule has 6 heteroatoms. The summed E-state index contributed by atoms with van der Waals surface area (Å²) < 4.78 is 38.0. The molecule has 0 spiro atoms. The van der Waals surface area contributed by atoms with Crippen molar-refractivity contribution in [1.29, 1.82) is 0 Å². The quantitative estimate of drug-likeness (QED) is 0.842. The molecule has 0 unspecified atom stereocenters. The number of hydrogen-bond donors (Lipinski definition) is 0. The Labute approximate surface area is 107 Å². The number of nitrogens with zero attached hydrogens (tertiary/aromatic N) is 2. The summed E-state index contributed by atoms with van der Waals surface area (Å²) in [5.74, 6) is -0.416. The van der Waals surface area contributed by atoms with Crippen LogP contribution in [0, 0.1) is 5.82 Å². The van der Waals surface area contributed by atoms with Gasteiger partial charge in [-0.15, -0.1) is 0 Å². The van der Waals surface area contributed by atoms with Crippen molar-refractivity contribution in [2.75, 3.05) is 35.1 Å². The van der Waals surface area contributed by atoms with E-state index in [2.05, 4.69) is 11.8 Å². The fraction of sp³-hybridized carbons (Fsp3) is 0.500. The summed E-state index contributed by atoms with van der Waals surface area (Å²) >= 11 is 0. The van der Waals surface area contributed by atoms with Crippen molar-refractivity contribution >= 4 is 21.4 Å². The molecule has 1 aliphatic rings. The monoisotopic (exact) mass is 272 g/mol. The highest BCUT2D eigenvalue weighted by molar-refractivity contribution is 7.92. The van der Waals surface area contributed by atoms with E-state index in [9.17, 15) is 12.8 Å². The molecule has 0 N–H and O–H groups in total. The first-order valence-electron chi connectivity index (χ1n) is 5.95. The Balaban J connectivity index is 2.50. The van der Waals surface area contributed by atoms with Crippen molar-refractivity contribution in [2.24, 2.45) is 0 Å². The Morgan fingerprint density at radius 1 is 1.28 bits per heavy atom. The third kappa shape index (κ3) is 2.43. The van der Waals surface area contributed by atoms with Gasteiger partial charge in [0, 0.05) is 19.2 Å². The van der Waals surface area contributed by atoms with Crippen LogP contribution in [0.2, 0.25) is 0 Å². The Kier molecular flexibility index (Phi) is 3.47. The van der Waals surface area contributed by atoms with Gasteiger partial charge in [0.1, 0.15) is 5.82 Å². The summed E-state index contributed by atoms with van der Waals surface area (Å²) in [5, 5.41) is 0. The van der Waals surface area contributed by atoms with E-state index in [1.165, 1.54) is 16.4 Å². The van der Waals surface area contributed by atoms with E-state index in [0.29, 0.717) is 18.8 Å². The highest BCUT2D eigenvalue weighted by Crippen LogP contribution is 2.35. The standard InChI is InChI=1S/C12H17FN2O2S/c1-3-6-14-7-8-15(18(2,16)17)12-9-10(13)4-5-11(12)14/h4-5,9H,3,6-8H2,1-2H3. The molecule has 0 aliphatic carbocycles. The minimum absolute atomic E-state index is 0.370. The number of rotatable bonds is 3. The molecule has 0 aromatic heterocycles. The van der Waals surface area contributed by atoms with Crippen LogP contribution in [-0.4, -0.2) is 34.3 Å². The Hall–Kier alpha value is -1.30. The molecule has 0 amide bonds. The Bertz CT molecular complexity index is 545. The topological polar surface area (TPSA) is 40.6 Å². The molecular formula is C12H17FN2O2S. The molecule has 1 aromatic carbocycles. The number of hydrogen-bond acceptors (Lipinski definition) is 3. The van der Waals surface area contributed by atoms with Crippen LogP contribution in [0.1, 0.15) is 13.3 Å². The molecule has 0 atom stereocenters. The van der Waals surface area contributed by atoms with Crippen LogP contribution < -0.4 is 9.21 Å². The molecule has 0 radical (unpaired) electrons. The second-order valence-electron chi connectivity index (χ2n) is 4.46. The molecule has 1 aliphatic heterocycles. The highest BCUT2D eigenvalue weighted by atomic mass is 32.2. The molecule has 1 aromatic rings. The van der Waals surface area contributed by atoms with Gasteiger partial charge in [-0.05, 0) is 18.6 Å². The van der Waals surface area contributed by atoms with E-state index < -0.39 is 15.8 Å². The number of anilines is 2. The predicted octanol–water partition coefficient (Wildman–Crippen LogP) is 1.82. The molecule has 0 fully saturated rings. The Morgan fingerprint density at radius 3 is 2.61 bits per heavy atom. The van der Waals surface area contributed by atoms with E-state index in [1.54, 1.807) is 6.07 Å². The highest BCUT2D eigenvalue weighted by Gasteiger charge is 2.27. The van der Waals surface area contributed by atoms with E-state index in [0.717, 1.165) is 24.9 Å². The molecule has 1 heterocycles. The van der Waals surface area contributed by atoms with E-state index in [-0.39, 0.29) is 0 Å². The van der Waals surface area contributed by atoms with Crippen LogP contribution in [0.25, 0.3) is 0 Å². The lowest BCUT2D eigenvalue weighted by atomic mass is 10.2. The van der Waals surface area contributed by atoms with Crippen LogP contribution in [0.3, 0.4) is 0 Å². The lowest BCUT2D eigenvalue weighted by molar-refractivity contribution is 0.592. The molecule has 0 saturated carbocycles. The van der Waals surface area contributed by atoms with E-state index >= 15 is 0 Å². The van der Waals surface area contributed by atoms with Gasteiger partial charge in [0.05, 0.1) is 24.2 Å². The number of sulfonamides is 1. The number of fused-ring (bicyclic) bond motifs is 1. The average Bonchev–Trinajstić information content (AvgIpc) is 2.27. The largest absolute Gasteiger partial charge is 0.368 e. The molecule has 0 saturated heterocycles. The Morgan fingerprint density at radius 2 is 2.00 bits per heavy atom. The van der Waals surface area contributed by atoms with E-state index in [4.69, 9.17) is 0 Å². The van der Waals surface area contributed by atoms with Gasteiger partial charge in [0.15, 0.2) is 0 Å². The molecule has 0 bridgehead atoms. The zero-order valence-corrected chi connectivity index (χ0v) is 11.4. The normalized spacial score (nSPS) is 15.7. The maximum atomic E-state index is 13.3. The van der Waals surface area contributed by atoms with Crippen LogP contribution in [-0.2, 0) is 10.0 Å². The summed E-state index contributed by atoms with van der Waals surface area (Å²) in [6, 6.07) is 4.31. The van der Waals surface area contributed by atoms with Gasteiger partial charge < -0.3 is 4.90 Å². The number of benzene rings is 1. The van der Waals surface area contributed by atoms with Gasteiger partial charge >= 0.3 is 0 Å². The first-order valence-corrected chi connectivity index (χ1v) is 7.80. The van der Waals surface area contributed by atoms with Crippen molar-refractivity contribution in [3.8, 4) is 0 Å². The van der Waals surface area contributed by atoms with E-state index in [1.807, 2.05) is 0 Å².